The molecule has 0 aliphatic heterocycles. The van der Waals surface area contributed by atoms with E-state index in [0.717, 1.165) is 11.1 Å². The van der Waals surface area contributed by atoms with Crippen molar-refractivity contribution in [3.05, 3.63) is 71.1 Å². The maximum absolute atomic E-state index is 12.5. The van der Waals surface area contributed by atoms with Crippen LogP contribution in [0, 0.1) is 0 Å². The highest BCUT2D eigenvalue weighted by Crippen LogP contribution is 2.21. The van der Waals surface area contributed by atoms with Crippen molar-refractivity contribution < 1.29 is 9.32 Å². The number of hydrogen-bond donors (Lipinski definition) is 0. The van der Waals surface area contributed by atoms with Crippen LogP contribution in [-0.2, 0) is 11.2 Å². The van der Waals surface area contributed by atoms with E-state index in [4.69, 9.17) is 16.1 Å². The predicted molar refractivity (Wildman–Crippen MR) is 101 cm³/mol. The summed E-state index contributed by atoms with van der Waals surface area (Å²) in [6.45, 7) is 2.01. The summed E-state index contributed by atoms with van der Waals surface area (Å²) in [6.07, 6.45) is 0.723. The molecule has 1 unspecified atom stereocenters. The molecule has 2 aromatic carbocycles. The second-order valence-electron chi connectivity index (χ2n) is 6.11. The van der Waals surface area contributed by atoms with Crippen molar-refractivity contribution in [1.82, 2.24) is 15.0 Å². The molecule has 1 atom stereocenters. The van der Waals surface area contributed by atoms with E-state index < -0.39 is 0 Å². The van der Waals surface area contributed by atoms with E-state index in [9.17, 15) is 4.79 Å². The maximum Gasteiger partial charge on any atom is 0.227 e. The van der Waals surface area contributed by atoms with Crippen LogP contribution >= 0.6 is 11.6 Å². The Morgan fingerprint density at radius 3 is 2.54 bits per heavy atom. The number of hydrogen-bond acceptors (Lipinski definition) is 4. The fourth-order valence-electron chi connectivity index (χ4n) is 2.63. The van der Waals surface area contributed by atoms with Crippen molar-refractivity contribution in [2.45, 2.75) is 25.8 Å². The SMILES string of the molecule is CC(c1ccccc1)N(C)C(=O)CCc1nc(-c2ccc(Cl)cc2)no1. The average molecular weight is 370 g/mol. The third-order valence-corrected chi connectivity index (χ3v) is 4.63. The zero-order valence-electron chi connectivity index (χ0n) is 14.7. The normalized spacial score (nSPS) is 12.0. The molecule has 1 aromatic heterocycles. The molecule has 0 radical (unpaired) electrons. The van der Waals surface area contributed by atoms with Crippen molar-refractivity contribution in [3.8, 4) is 11.4 Å². The van der Waals surface area contributed by atoms with E-state index in [2.05, 4.69) is 10.1 Å². The summed E-state index contributed by atoms with van der Waals surface area (Å²) in [4.78, 5) is 18.6. The van der Waals surface area contributed by atoms with Crippen LogP contribution in [0.4, 0.5) is 0 Å². The molecule has 0 spiro atoms. The second-order valence-corrected chi connectivity index (χ2v) is 6.55. The van der Waals surface area contributed by atoms with Gasteiger partial charge in [-0.2, -0.15) is 4.98 Å². The lowest BCUT2D eigenvalue weighted by Crippen LogP contribution is -2.29. The quantitative estimate of drug-likeness (QED) is 0.640. The molecule has 0 aliphatic carbocycles. The van der Waals surface area contributed by atoms with Gasteiger partial charge >= 0.3 is 0 Å². The average Bonchev–Trinajstić information content (AvgIpc) is 3.15. The molecule has 26 heavy (non-hydrogen) atoms. The standard InChI is InChI=1S/C20H20ClN3O2/c1-14(15-6-4-3-5-7-15)24(2)19(25)13-12-18-22-20(23-26-18)16-8-10-17(21)11-9-16/h3-11,14H,12-13H2,1-2H3. The fraction of sp³-hybridized carbons (Fsp3) is 0.250. The number of amides is 1. The molecular formula is C20H20ClN3O2. The lowest BCUT2D eigenvalue weighted by molar-refractivity contribution is -0.131. The van der Waals surface area contributed by atoms with Crippen molar-refractivity contribution in [3.63, 3.8) is 0 Å². The molecule has 3 aromatic rings. The smallest absolute Gasteiger partial charge is 0.227 e. The molecule has 0 fully saturated rings. The molecule has 0 saturated carbocycles. The van der Waals surface area contributed by atoms with Gasteiger partial charge in [-0.3, -0.25) is 4.79 Å². The van der Waals surface area contributed by atoms with Gasteiger partial charge < -0.3 is 9.42 Å². The van der Waals surface area contributed by atoms with Gasteiger partial charge in [-0.25, -0.2) is 0 Å². The Labute approximate surface area is 157 Å². The monoisotopic (exact) mass is 369 g/mol. The first-order valence-electron chi connectivity index (χ1n) is 8.43. The highest BCUT2D eigenvalue weighted by Gasteiger charge is 2.18. The summed E-state index contributed by atoms with van der Waals surface area (Å²) in [7, 11) is 1.81. The zero-order chi connectivity index (χ0) is 18.5. The Kier molecular flexibility index (Phi) is 5.68. The van der Waals surface area contributed by atoms with Crippen LogP contribution in [0.1, 0.15) is 30.8 Å². The largest absolute Gasteiger partial charge is 0.339 e. The summed E-state index contributed by atoms with van der Waals surface area (Å²) in [5.74, 6) is 0.979. The van der Waals surface area contributed by atoms with Crippen LogP contribution in [-0.4, -0.2) is 28.0 Å². The van der Waals surface area contributed by atoms with Gasteiger partial charge in [0.25, 0.3) is 0 Å². The number of benzene rings is 2. The zero-order valence-corrected chi connectivity index (χ0v) is 15.5. The number of aryl methyl sites for hydroxylation is 1. The van der Waals surface area contributed by atoms with Crippen molar-refractivity contribution >= 4 is 17.5 Å². The van der Waals surface area contributed by atoms with Crippen molar-refractivity contribution in [1.29, 1.82) is 0 Å². The summed E-state index contributed by atoms with van der Waals surface area (Å²) in [6, 6.07) is 17.2. The first-order valence-corrected chi connectivity index (χ1v) is 8.81. The Hall–Kier alpha value is -2.66. The van der Waals surface area contributed by atoms with Gasteiger partial charge in [0.15, 0.2) is 0 Å². The van der Waals surface area contributed by atoms with E-state index in [0.29, 0.717) is 29.6 Å². The van der Waals surface area contributed by atoms with Crippen LogP contribution < -0.4 is 0 Å². The van der Waals surface area contributed by atoms with Gasteiger partial charge in [0, 0.05) is 30.5 Å². The van der Waals surface area contributed by atoms with Crippen LogP contribution in [0.15, 0.2) is 59.1 Å². The third kappa shape index (κ3) is 4.29. The Morgan fingerprint density at radius 2 is 1.85 bits per heavy atom. The lowest BCUT2D eigenvalue weighted by Gasteiger charge is -2.25. The van der Waals surface area contributed by atoms with Crippen molar-refractivity contribution in [2.75, 3.05) is 7.05 Å². The van der Waals surface area contributed by atoms with Gasteiger partial charge in [0.05, 0.1) is 6.04 Å². The molecule has 0 bridgehead atoms. The van der Waals surface area contributed by atoms with E-state index in [1.807, 2.05) is 56.4 Å². The molecule has 1 heterocycles. The number of carbonyl (C=O) groups is 1. The summed E-state index contributed by atoms with van der Waals surface area (Å²) in [5, 5.41) is 4.62. The number of aromatic nitrogens is 2. The van der Waals surface area contributed by atoms with Crippen LogP contribution in [0.2, 0.25) is 5.02 Å². The Balaban J connectivity index is 1.58. The summed E-state index contributed by atoms with van der Waals surface area (Å²) < 4.78 is 5.26. The van der Waals surface area contributed by atoms with Crippen LogP contribution in [0.25, 0.3) is 11.4 Å². The highest BCUT2D eigenvalue weighted by molar-refractivity contribution is 6.30. The van der Waals surface area contributed by atoms with E-state index >= 15 is 0 Å². The first-order chi connectivity index (χ1) is 12.5. The van der Waals surface area contributed by atoms with Gasteiger partial charge in [0.2, 0.25) is 17.6 Å². The number of rotatable bonds is 6. The molecule has 0 saturated heterocycles. The van der Waals surface area contributed by atoms with Gasteiger partial charge in [-0.05, 0) is 36.8 Å². The van der Waals surface area contributed by atoms with E-state index in [1.165, 1.54) is 0 Å². The van der Waals surface area contributed by atoms with Gasteiger partial charge in [-0.15, -0.1) is 0 Å². The molecule has 134 valence electrons. The van der Waals surface area contributed by atoms with E-state index in [-0.39, 0.29) is 11.9 Å². The molecule has 1 amide bonds. The molecule has 0 N–H and O–H groups in total. The van der Waals surface area contributed by atoms with Crippen LogP contribution in [0.3, 0.4) is 0 Å². The molecular weight excluding hydrogens is 350 g/mol. The molecule has 0 aliphatic rings. The van der Waals surface area contributed by atoms with Gasteiger partial charge in [-0.1, -0.05) is 47.1 Å². The topological polar surface area (TPSA) is 59.2 Å². The number of nitrogens with zero attached hydrogens (tertiary/aromatic N) is 3. The molecule has 5 nitrogen and oxygen atoms in total. The first kappa shape index (κ1) is 18.1. The highest BCUT2D eigenvalue weighted by atomic mass is 35.5. The van der Waals surface area contributed by atoms with E-state index in [1.54, 1.807) is 17.0 Å². The predicted octanol–water partition coefficient (Wildman–Crippen LogP) is 4.54. The molecule has 3 rings (SSSR count). The van der Waals surface area contributed by atoms with Gasteiger partial charge in [0.1, 0.15) is 0 Å². The van der Waals surface area contributed by atoms with Crippen molar-refractivity contribution in [2.24, 2.45) is 0 Å². The fourth-order valence-corrected chi connectivity index (χ4v) is 2.76. The number of halogens is 1. The summed E-state index contributed by atoms with van der Waals surface area (Å²) in [5.41, 5.74) is 1.93. The maximum atomic E-state index is 12.5. The number of carbonyl (C=O) groups excluding carboxylic acids is 1. The Bertz CT molecular complexity index is 862. The minimum atomic E-state index is 0.0102. The minimum Gasteiger partial charge on any atom is -0.339 e. The lowest BCUT2D eigenvalue weighted by atomic mass is 10.1. The summed E-state index contributed by atoms with van der Waals surface area (Å²) >= 11 is 5.88. The van der Waals surface area contributed by atoms with Crippen LogP contribution in [0.5, 0.6) is 0 Å². The minimum absolute atomic E-state index is 0.0102. The third-order valence-electron chi connectivity index (χ3n) is 4.38. The second kappa shape index (κ2) is 8.15. The Morgan fingerprint density at radius 1 is 1.15 bits per heavy atom. The molecule has 6 heteroatoms.